The second-order valence-corrected chi connectivity index (χ2v) is 5.29. The molecule has 0 aromatic heterocycles. The molecule has 0 spiro atoms. The SMILES string of the molecule is CCCS(=O)(=O)Nc1cc(F)ccc1Cl. The highest BCUT2D eigenvalue weighted by atomic mass is 35.5. The van der Waals surface area contributed by atoms with E-state index in [9.17, 15) is 12.8 Å². The Labute approximate surface area is 93.3 Å². The molecule has 1 aromatic rings. The van der Waals surface area contributed by atoms with Gasteiger partial charge >= 0.3 is 0 Å². The molecule has 0 unspecified atom stereocenters. The predicted octanol–water partition coefficient (Wildman–Crippen LogP) is 2.63. The molecule has 0 fully saturated rings. The molecule has 1 rings (SSSR count). The Morgan fingerprint density at radius 2 is 2.13 bits per heavy atom. The third-order valence-corrected chi connectivity index (χ3v) is 3.47. The fourth-order valence-corrected chi connectivity index (χ4v) is 2.43. The van der Waals surface area contributed by atoms with Gasteiger partial charge in [-0.2, -0.15) is 0 Å². The number of rotatable bonds is 4. The average molecular weight is 252 g/mol. The zero-order valence-corrected chi connectivity index (χ0v) is 9.70. The average Bonchev–Trinajstić information content (AvgIpc) is 2.10. The summed E-state index contributed by atoms with van der Waals surface area (Å²) < 4.78 is 37.8. The van der Waals surface area contributed by atoms with E-state index in [1.807, 2.05) is 0 Å². The van der Waals surface area contributed by atoms with Gasteiger partial charge in [0, 0.05) is 0 Å². The highest BCUT2D eigenvalue weighted by molar-refractivity contribution is 7.92. The summed E-state index contributed by atoms with van der Waals surface area (Å²) in [5, 5.41) is 0.177. The Morgan fingerprint density at radius 1 is 1.47 bits per heavy atom. The van der Waals surface area contributed by atoms with Crippen LogP contribution >= 0.6 is 11.6 Å². The van der Waals surface area contributed by atoms with Crippen LogP contribution in [0.4, 0.5) is 10.1 Å². The van der Waals surface area contributed by atoms with Gasteiger partial charge in [0.2, 0.25) is 10.0 Å². The number of anilines is 1. The quantitative estimate of drug-likeness (QED) is 0.894. The summed E-state index contributed by atoms with van der Waals surface area (Å²) in [6, 6.07) is 3.52. The van der Waals surface area contributed by atoms with Crippen LogP contribution in [-0.4, -0.2) is 14.2 Å². The van der Waals surface area contributed by atoms with Crippen LogP contribution < -0.4 is 4.72 Å². The second kappa shape index (κ2) is 4.81. The first-order chi connectivity index (χ1) is 6.94. The molecule has 1 N–H and O–H groups in total. The lowest BCUT2D eigenvalue weighted by Gasteiger charge is -2.08. The van der Waals surface area contributed by atoms with Crippen LogP contribution in [0.2, 0.25) is 5.02 Å². The highest BCUT2D eigenvalue weighted by Crippen LogP contribution is 2.23. The Balaban J connectivity index is 2.94. The van der Waals surface area contributed by atoms with Gasteiger partial charge in [-0.1, -0.05) is 18.5 Å². The third kappa shape index (κ3) is 3.68. The largest absolute Gasteiger partial charge is 0.282 e. The van der Waals surface area contributed by atoms with E-state index >= 15 is 0 Å². The smallest absolute Gasteiger partial charge is 0.232 e. The van der Waals surface area contributed by atoms with Gasteiger partial charge in [-0.05, 0) is 24.6 Å². The van der Waals surface area contributed by atoms with Gasteiger partial charge in [-0.3, -0.25) is 4.72 Å². The van der Waals surface area contributed by atoms with Crippen LogP contribution in [0.1, 0.15) is 13.3 Å². The van der Waals surface area contributed by atoms with Crippen LogP contribution in [0, 0.1) is 5.82 Å². The van der Waals surface area contributed by atoms with E-state index in [4.69, 9.17) is 11.6 Å². The van der Waals surface area contributed by atoms with Crippen molar-refractivity contribution < 1.29 is 12.8 Å². The maximum absolute atomic E-state index is 12.8. The summed E-state index contributed by atoms with van der Waals surface area (Å²) in [5.41, 5.74) is 0.0742. The van der Waals surface area contributed by atoms with Gasteiger partial charge in [0.05, 0.1) is 16.5 Å². The Morgan fingerprint density at radius 3 is 2.73 bits per heavy atom. The summed E-state index contributed by atoms with van der Waals surface area (Å²) in [6.07, 6.45) is 0.488. The number of hydrogen-bond donors (Lipinski definition) is 1. The molecule has 6 heteroatoms. The molecule has 0 aliphatic rings. The number of benzene rings is 1. The molecule has 15 heavy (non-hydrogen) atoms. The van der Waals surface area contributed by atoms with E-state index in [-0.39, 0.29) is 16.5 Å². The molecule has 0 saturated heterocycles. The maximum atomic E-state index is 12.8. The first kappa shape index (κ1) is 12.3. The zero-order valence-electron chi connectivity index (χ0n) is 8.13. The topological polar surface area (TPSA) is 46.2 Å². The van der Waals surface area contributed by atoms with Crippen molar-refractivity contribution in [3.63, 3.8) is 0 Å². The van der Waals surface area contributed by atoms with E-state index < -0.39 is 15.8 Å². The summed E-state index contributed by atoms with van der Waals surface area (Å²) in [4.78, 5) is 0. The molecule has 1 aromatic carbocycles. The predicted molar refractivity (Wildman–Crippen MR) is 59.1 cm³/mol. The third-order valence-electron chi connectivity index (χ3n) is 1.67. The summed E-state index contributed by atoms with van der Waals surface area (Å²) >= 11 is 5.71. The Hall–Kier alpha value is -0.810. The van der Waals surface area contributed by atoms with Crippen molar-refractivity contribution in [1.82, 2.24) is 0 Å². The van der Waals surface area contributed by atoms with Crippen LogP contribution in [0.3, 0.4) is 0 Å². The molecule has 0 heterocycles. The second-order valence-electron chi connectivity index (χ2n) is 3.05. The van der Waals surface area contributed by atoms with Crippen molar-refractivity contribution in [3.8, 4) is 0 Å². The van der Waals surface area contributed by atoms with Gasteiger partial charge < -0.3 is 0 Å². The fourth-order valence-electron chi connectivity index (χ4n) is 1.06. The van der Waals surface area contributed by atoms with Gasteiger partial charge in [0.25, 0.3) is 0 Å². The number of halogens is 2. The van der Waals surface area contributed by atoms with Crippen molar-refractivity contribution in [1.29, 1.82) is 0 Å². The van der Waals surface area contributed by atoms with Crippen molar-refractivity contribution in [3.05, 3.63) is 29.0 Å². The lowest BCUT2D eigenvalue weighted by molar-refractivity contribution is 0.599. The molecule has 84 valence electrons. The molecule has 0 atom stereocenters. The van der Waals surface area contributed by atoms with E-state index in [1.54, 1.807) is 6.92 Å². The van der Waals surface area contributed by atoms with E-state index in [0.29, 0.717) is 6.42 Å². The van der Waals surface area contributed by atoms with E-state index in [1.165, 1.54) is 12.1 Å². The molecule has 3 nitrogen and oxygen atoms in total. The lowest BCUT2D eigenvalue weighted by Crippen LogP contribution is -2.16. The first-order valence-electron chi connectivity index (χ1n) is 4.40. The number of hydrogen-bond acceptors (Lipinski definition) is 2. The van der Waals surface area contributed by atoms with Crippen molar-refractivity contribution >= 4 is 27.3 Å². The van der Waals surface area contributed by atoms with Crippen molar-refractivity contribution in [2.75, 3.05) is 10.5 Å². The van der Waals surface area contributed by atoms with Crippen LogP contribution in [0.15, 0.2) is 18.2 Å². The maximum Gasteiger partial charge on any atom is 0.232 e. The van der Waals surface area contributed by atoms with Crippen LogP contribution in [0.25, 0.3) is 0 Å². The van der Waals surface area contributed by atoms with Crippen LogP contribution in [0.5, 0.6) is 0 Å². The number of sulfonamides is 1. The monoisotopic (exact) mass is 251 g/mol. The molecule has 0 saturated carbocycles. The minimum atomic E-state index is -3.43. The molecular weight excluding hydrogens is 241 g/mol. The highest BCUT2D eigenvalue weighted by Gasteiger charge is 2.11. The normalized spacial score (nSPS) is 11.4. The van der Waals surface area contributed by atoms with Crippen molar-refractivity contribution in [2.45, 2.75) is 13.3 Å². The van der Waals surface area contributed by atoms with Gasteiger partial charge in [0.15, 0.2) is 0 Å². The molecule has 0 aliphatic carbocycles. The van der Waals surface area contributed by atoms with Crippen LogP contribution in [-0.2, 0) is 10.0 Å². The zero-order chi connectivity index (χ0) is 11.5. The minimum absolute atomic E-state index is 0.0140. The molecule has 0 bridgehead atoms. The summed E-state index contributed by atoms with van der Waals surface area (Å²) in [6.45, 7) is 1.74. The summed E-state index contributed by atoms with van der Waals surface area (Å²) in [7, 11) is -3.43. The molecular formula is C9H11ClFNO2S. The van der Waals surface area contributed by atoms with Gasteiger partial charge in [-0.25, -0.2) is 12.8 Å². The van der Waals surface area contributed by atoms with E-state index in [2.05, 4.69) is 4.72 Å². The minimum Gasteiger partial charge on any atom is -0.282 e. The van der Waals surface area contributed by atoms with Gasteiger partial charge in [-0.15, -0.1) is 0 Å². The fraction of sp³-hybridized carbons (Fsp3) is 0.333. The lowest BCUT2D eigenvalue weighted by atomic mass is 10.3. The molecule has 0 amide bonds. The van der Waals surface area contributed by atoms with Crippen molar-refractivity contribution in [2.24, 2.45) is 0 Å². The van der Waals surface area contributed by atoms with Gasteiger partial charge in [0.1, 0.15) is 5.82 Å². The van der Waals surface area contributed by atoms with E-state index in [0.717, 1.165) is 6.07 Å². The first-order valence-corrected chi connectivity index (χ1v) is 6.43. The number of nitrogens with one attached hydrogen (secondary N) is 1. The molecule has 0 radical (unpaired) electrons. The molecule has 0 aliphatic heterocycles. The summed E-state index contributed by atoms with van der Waals surface area (Å²) in [5.74, 6) is -0.548. The standard InChI is InChI=1S/C9H11ClFNO2S/c1-2-5-15(13,14)12-9-6-7(11)3-4-8(9)10/h3-4,6,12H,2,5H2,1H3. The Kier molecular flexibility index (Phi) is 3.93. The Bertz CT molecular complexity index is 447.